The van der Waals surface area contributed by atoms with Gasteiger partial charge in [0.25, 0.3) is 11.8 Å². The van der Waals surface area contributed by atoms with Gasteiger partial charge in [-0.2, -0.15) is 8.42 Å². The van der Waals surface area contributed by atoms with Crippen LogP contribution in [0.25, 0.3) is 0 Å². The van der Waals surface area contributed by atoms with Crippen molar-refractivity contribution in [3.05, 3.63) is 244 Å². The third kappa shape index (κ3) is 9.60. The first kappa shape index (κ1) is 46.9. The Bertz CT molecular complexity index is 3050. The van der Waals surface area contributed by atoms with Gasteiger partial charge in [0, 0.05) is 11.0 Å². The predicted octanol–water partition coefficient (Wildman–Crippen LogP) is 8.40. The molecule has 14 nitrogen and oxygen atoms in total. The van der Waals surface area contributed by atoms with E-state index in [-0.39, 0.29) is 34.2 Å². The molecule has 0 bridgehead atoms. The van der Waals surface area contributed by atoms with E-state index in [0.717, 1.165) is 33.4 Å². The zero-order valence-electron chi connectivity index (χ0n) is 37.7. The van der Waals surface area contributed by atoms with Crippen LogP contribution in [0.2, 0.25) is 0 Å². The summed E-state index contributed by atoms with van der Waals surface area (Å²) in [7, 11) is -2.97. The summed E-state index contributed by atoms with van der Waals surface area (Å²) in [5, 5.41) is 12.6. The minimum absolute atomic E-state index is 0.0810. The van der Waals surface area contributed by atoms with Crippen molar-refractivity contribution in [2.45, 2.75) is 35.7 Å². The van der Waals surface area contributed by atoms with Crippen LogP contribution in [0.4, 0.5) is 5.13 Å². The summed E-state index contributed by atoms with van der Waals surface area (Å²) in [6.07, 6.45) is 0.0598. The molecule has 2 N–H and O–H groups in total. The van der Waals surface area contributed by atoms with Crippen LogP contribution in [0.5, 0.6) is 0 Å². The molecule has 2 aliphatic rings. The molecule has 0 spiro atoms. The number of β-lactam (4-membered cyclic amide) rings is 1. The second-order valence-corrected chi connectivity index (χ2v) is 18.6. The second-order valence-electron chi connectivity index (χ2n) is 16.1. The molecule has 1 aromatic heterocycles. The Balaban J connectivity index is 0.994. The van der Waals surface area contributed by atoms with Gasteiger partial charge in [-0.15, -0.1) is 11.3 Å². The van der Waals surface area contributed by atoms with E-state index in [2.05, 4.69) is 15.8 Å². The van der Waals surface area contributed by atoms with Crippen molar-refractivity contribution in [1.29, 1.82) is 0 Å². The quantitative estimate of drug-likeness (QED) is 0.0171. The third-order valence-electron chi connectivity index (χ3n) is 11.7. The molecule has 352 valence electrons. The Hall–Kier alpha value is -8.18. The maximum absolute atomic E-state index is 14.5. The van der Waals surface area contributed by atoms with E-state index < -0.39 is 51.8 Å². The van der Waals surface area contributed by atoms with Crippen molar-refractivity contribution in [2.75, 3.05) is 19.0 Å². The van der Waals surface area contributed by atoms with Gasteiger partial charge < -0.3 is 29.1 Å². The highest BCUT2D eigenvalue weighted by molar-refractivity contribution is 7.86. The van der Waals surface area contributed by atoms with E-state index in [9.17, 15) is 22.8 Å². The number of nitrogens with zero attached hydrogens (tertiary/aromatic N) is 3. The SMILES string of the molecule is CON=C(C(=O)NC1C(=O)N2C(C(=O)OC(c3ccccc3)c3ccccc3)=C(C=COS(=O)(=O)c3ccc(C)cc3)COC12)c1csc(NC(c2ccccc2)(c2ccccc2)c2ccccc2)n1. The van der Waals surface area contributed by atoms with E-state index in [1.54, 1.807) is 17.5 Å². The Morgan fingerprint density at radius 1 is 0.800 bits per heavy atom. The highest BCUT2D eigenvalue weighted by Gasteiger charge is 2.55. The number of amides is 2. The molecule has 0 saturated carbocycles. The van der Waals surface area contributed by atoms with Crippen molar-refractivity contribution in [2.24, 2.45) is 5.16 Å². The molecule has 9 rings (SSSR count). The Labute approximate surface area is 408 Å². The zero-order chi connectivity index (χ0) is 48.7. The van der Waals surface area contributed by atoms with Crippen LogP contribution in [0, 0.1) is 6.92 Å². The van der Waals surface area contributed by atoms with Crippen LogP contribution in [-0.4, -0.2) is 67.8 Å². The summed E-state index contributed by atoms with van der Waals surface area (Å²) in [5.74, 6) is -2.43. The molecule has 6 aromatic carbocycles. The van der Waals surface area contributed by atoms with E-state index in [1.807, 2.05) is 159 Å². The molecule has 70 heavy (non-hydrogen) atoms. The van der Waals surface area contributed by atoms with Gasteiger partial charge in [0.05, 0.1) is 6.61 Å². The number of anilines is 1. The van der Waals surface area contributed by atoms with E-state index in [4.69, 9.17) is 23.5 Å². The molecular weight excluding hydrogens is 927 g/mol. The van der Waals surface area contributed by atoms with Gasteiger partial charge in [-0.25, -0.2) is 9.78 Å². The van der Waals surface area contributed by atoms with Crippen LogP contribution in [0.15, 0.2) is 215 Å². The van der Waals surface area contributed by atoms with Crippen LogP contribution in [0.1, 0.15) is 45.2 Å². The molecule has 3 heterocycles. The second kappa shape index (κ2) is 20.6. The fraction of sp³-hybridized carbons (Fsp3) is 0.130. The number of rotatable bonds is 17. The van der Waals surface area contributed by atoms with Crippen molar-refractivity contribution >= 4 is 50.1 Å². The number of hydrogen-bond donors (Lipinski definition) is 2. The van der Waals surface area contributed by atoms with Gasteiger partial charge >= 0.3 is 16.1 Å². The van der Waals surface area contributed by atoms with Crippen LogP contribution in [0.3, 0.4) is 0 Å². The maximum Gasteiger partial charge on any atom is 0.356 e. The maximum atomic E-state index is 14.5. The summed E-state index contributed by atoms with van der Waals surface area (Å²) in [5.41, 5.74) is 3.89. The smallest absolute Gasteiger partial charge is 0.356 e. The number of aryl methyl sites for hydroxylation is 1. The Kier molecular flexibility index (Phi) is 13.8. The van der Waals surface area contributed by atoms with Crippen molar-refractivity contribution in [3.8, 4) is 0 Å². The summed E-state index contributed by atoms with van der Waals surface area (Å²) >= 11 is 1.25. The molecular formula is C54H45N5O9S2. The summed E-state index contributed by atoms with van der Waals surface area (Å²) < 4.78 is 43.7. The lowest BCUT2D eigenvalue weighted by atomic mass is 9.77. The lowest BCUT2D eigenvalue weighted by molar-refractivity contribution is -0.185. The summed E-state index contributed by atoms with van der Waals surface area (Å²) in [6.45, 7) is 1.52. The number of fused-ring (bicyclic) bond motifs is 1. The minimum Gasteiger partial charge on any atom is -0.448 e. The zero-order valence-corrected chi connectivity index (χ0v) is 39.4. The number of carbonyl (C=O) groups excluding carboxylic acids is 3. The summed E-state index contributed by atoms with van der Waals surface area (Å²) in [4.78, 5) is 54.0. The van der Waals surface area contributed by atoms with Gasteiger partial charge in [-0.3, -0.25) is 14.5 Å². The number of thiazole rings is 1. The lowest BCUT2D eigenvalue weighted by Gasteiger charge is -2.49. The molecule has 1 fully saturated rings. The number of oxime groups is 1. The number of nitrogens with one attached hydrogen (secondary N) is 2. The number of benzene rings is 6. The van der Waals surface area contributed by atoms with Crippen LogP contribution < -0.4 is 10.6 Å². The van der Waals surface area contributed by atoms with Crippen molar-refractivity contribution < 1.29 is 41.3 Å². The number of ether oxygens (including phenoxy) is 2. The lowest BCUT2D eigenvalue weighted by Crippen LogP contribution is -2.73. The molecule has 2 unspecified atom stereocenters. The summed E-state index contributed by atoms with van der Waals surface area (Å²) in [6, 6.07) is 52.8. The molecule has 0 aliphatic carbocycles. The van der Waals surface area contributed by atoms with E-state index in [1.165, 1.54) is 36.7 Å². The van der Waals surface area contributed by atoms with Crippen molar-refractivity contribution in [1.82, 2.24) is 15.2 Å². The number of carbonyl (C=O) groups is 3. The van der Waals surface area contributed by atoms with E-state index >= 15 is 0 Å². The first-order chi connectivity index (χ1) is 34.1. The fourth-order valence-electron chi connectivity index (χ4n) is 8.34. The Morgan fingerprint density at radius 3 is 1.86 bits per heavy atom. The number of hydrogen-bond acceptors (Lipinski definition) is 13. The molecule has 2 aliphatic heterocycles. The number of aromatic nitrogens is 1. The fourth-order valence-corrected chi connectivity index (χ4v) is 9.87. The predicted molar refractivity (Wildman–Crippen MR) is 263 cm³/mol. The molecule has 2 atom stereocenters. The average Bonchev–Trinajstić information content (AvgIpc) is 3.87. The Morgan fingerprint density at radius 2 is 1.33 bits per heavy atom. The first-order valence-corrected chi connectivity index (χ1v) is 24.3. The molecule has 1 saturated heterocycles. The number of esters is 1. The first-order valence-electron chi connectivity index (χ1n) is 22.1. The normalized spacial score (nSPS) is 16.1. The largest absolute Gasteiger partial charge is 0.448 e. The average molecular weight is 972 g/mol. The molecule has 16 heteroatoms. The van der Waals surface area contributed by atoms with Crippen LogP contribution >= 0.6 is 11.3 Å². The van der Waals surface area contributed by atoms with Gasteiger partial charge in [0.2, 0.25) is 0 Å². The van der Waals surface area contributed by atoms with Crippen molar-refractivity contribution in [3.63, 3.8) is 0 Å². The van der Waals surface area contributed by atoms with Gasteiger partial charge in [-0.05, 0) is 52.9 Å². The third-order valence-corrected chi connectivity index (χ3v) is 13.7. The molecule has 2 amide bonds. The monoisotopic (exact) mass is 971 g/mol. The van der Waals surface area contributed by atoms with Gasteiger partial charge in [0.1, 0.15) is 35.2 Å². The van der Waals surface area contributed by atoms with Gasteiger partial charge in [-0.1, -0.05) is 175 Å². The van der Waals surface area contributed by atoms with E-state index in [0.29, 0.717) is 16.3 Å². The molecule has 7 aromatic rings. The highest BCUT2D eigenvalue weighted by atomic mass is 32.2. The topological polar surface area (TPSA) is 175 Å². The van der Waals surface area contributed by atoms with Crippen LogP contribution in [-0.2, 0) is 48.5 Å². The standard InChI is InChI=1S/C54H45N5O9S2/c1-36-28-30-43(31-29-36)70(63,64)67-33-32-39-34-66-51-46(50(61)59(51)47(39)52(62)68-48(37-18-8-3-9-19-37)38-20-10-4-11-21-38)56-49(60)45(58-65-2)44-35-69-53(55-44)57-54(40-22-12-5-13-23-40,41-24-14-6-15-25-41)42-26-16-7-17-27-42/h3-33,35,46,48,51H,34H2,1-2H3,(H,55,57)(H,56,60). The minimum atomic E-state index is -4.26. The molecule has 0 radical (unpaired) electrons. The highest BCUT2D eigenvalue weighted by Crippen LogP contribution is 2.41. The van der Waals surface area contributed by atoms with Gasteiger partial charge in [0.15, 0.2) is 29.2 Å².